The van der Waals surface area contributed by atoms with Crippen molar-refractivity contribution in [3.63, 3.8) is 0 Å². The van der Waals surface area contributed by atoms with Gasteiger partial charge in [-0.1, -0.05) is 107 Å². The van der Waals surface area contributed by atoms with E-state index in [9.17, 15) is 10.2 Å². The van der Waals surface area contributed by atoms with Crippen LogP contribution in [0.3, 0.4) is 0 Å². The quantitative estimate of drug-likeness (QED) is 0.193. The lowest BCUT2D eigenvalue weighted by molar-refractivity contribution is 0.0934. The topological polar surface area (TPSA) is 75.5 Å². The Balaban J connectivity index is 1.42. The largest absolute Gasteiger partial charge is 0.497 e. The number of aliphatic hydroxyl groups is 2. The van der Waals surface area contributed by atoms with Crippen molar-refractivity contribution in [2.75, 3.05) is 7.11 Å². The first-order chi connectivity index (χ1) is 20.1. The van der Waals surface area contributed by atoms with Crippen molar-refractivity contribution in [2.24, 2.45) is 0 Å². The molecule has 0 saturated heterocycles. The minimum absolute atomic E-state index is 0.572. The Kier molecular flexibility index (Phi) is 8.26. The summed E-state index contributed by atoms with van der Waals surface area (Å²) in [6.07, 6.45) is 1.91. The van der Waals surface area contributed by atoms with Crippen LogP contribution in [0.15, 0.2) is 116 Å². The number of hydrogen-bond donors (Lipinski definition) is 2. The van der Waals surface area contributed by atoms with E-state index in [1.165, 1.54) is 0 Å². The van der Waals surface area contributed by atoms with Crippen LogP contribution in [-0.4, -0.2) is 27.3 Å². The third-order valence-corrected chi connectivity index (χ3v) is 8.34. The van der Waals surface area contributed by atoms with Crippen LogP contribution in [-0.2, 0) is 10.8 Å². The van der Waals surface area contributed by atoms with E-state index >= 15 is 0 Å². The summed E-state index contributed by atoms with van der Waals surface area (Å²) in [6, 6.07) is 33.6. The van der Waals surface area contributed by atoms with Crippen molar-refractivity contribution >= 4 is 0 Å². The van der Waals surface area contributed by atoms with E-state index in [2.05, 4.69) is 9.97 Å². The first kappa shape index (κ1) is 29.2. The summed E-state index contributed by atoms with van der Waals surface area (Å²) >= 11 is 0. The summed E-state index contributed by atoms with van der Waals surface area (Å²) in [5.74, 6) is 0.572. The highest BCUT2D eigenvalue weighted by atomic mass is 16.5. The van der Waals surface area contributed by atoms with Crippen LogP contribution >= 0.6 is 0 Å². The molecule has 2 heterocycles. The standard InChI is InChI=1S/C37H38N2O3/c1-36(2,29-16-18-32(38-23-29)25-12-8-6-9-13-25)34(40)27-20-28(22-31(21-27)42-5)35(41)37(3,4)30-17-19-33(39-24-30)26-14-10-7-11-15-26/h6-24,34-35,40-41H,1-5H3. The molecule has 2 aromatic heterocycles. The number of aromatic nitrogens is 2. The maximum Gasteiger partial charge on any atom is 0.119 e. The summed E-state index contributed by atoms with van der Waals surface area (Å²) in [5, 5.41) is 23.4. The molecule has 0 aliphatic rings. The van der Waals surface area contributed by atoms with Gasteiger partial charge in [0.25, 0.3) is 0 Å². The van der Waals surface area contributed by atoms with Crippen molar-refractivity contribution in [3.8, 4) is 28.3 Å². The Morgan fingerprint density at radius 2 is 0.976 bits per heavy atom. The molecule has 0 radical (unpaired) electrons. The molecule has 5 nitrogen and oxygen atoms in total. The minimum atomic E-state index is -0.877. The van der Waals surface area contributed by atoms with Gasteiger partial charge in [-0.2, -0.15) is 0 Å². The van der Waals surface area contributed by atoms with Crippen molar-refractivity contribution in [1.29, 1.82) is 0 Å². The summed E-state index contributed by atoms with van der Waals surface area (Å²) < 4.78 is 5.62. The molecule has 0 bridgehead atoms. The predicted octanol–water partition coefficient (Wildman–Crippen LogP) is 7.84. The van der Waals surface area contributed by atoms with Gasteiger partial charge < -0.3 is 14.9 Å². The van der Waals surface area contributed by atoms with Crippen LogP contribution in [0.2, 0.25) is 0 Å². The van der Waals surface area contributed by atoms with Crippen LogP contribution < -0.4 is 4.74 Å². The first-order valence-corrected chi connectivity index (χ1v) is 14.2. The van der Waals surface area contributed by atoms with E-state index in [1.54, 1.807) is 7.11 Å². The minimum Gasteiger partial charge on any atom is -0.497 e. The van der Waals surface area contributed by atoms with Gasteiger partial charge in [-0.25, -0.2) is 0 Å². The number of rotatable bonds is 9. The number of benzene rings is 3. The Hall–Kier alpha value is -4.32. The van der Waals surface area contributed by atoms with Crippen LogP contribution in [0.25, 0.3) is 22.5 Å². The van der Waals surface area contributed by atoms with Crippen LogP contribution in [0.1, 0.15) is 62.2 Å². The van der Waals surface area contributed by atoms with Gasteiger partial charge in [0.05, 0.1) is 30.7 Å². The lowest BCUT2D eigenvalue weighted by Crippen LogP contribution is -2.29. The van der Waals surface area contributed by atoms with Crippen LogP contribution in [0.4, 0.5) is 0 Å². The van der Waals surface area contributed by atoms with Crippen molar-refractivity contribution < 1.29 is 14.9 Å². The molecule has 2 unspecified atom stereocenters. The molecular formula is C37H38N2O3. The zero-order valence-electron chi connectivity index (χ0n) is 24.8. The molecule has 0 aliphatic carbocycles. The molecule has 2 N–H and O–H groups in total. The highest BCUT2D eigenvalue weighted by molar-refractivity contribution is 5.60. The zero-order chi connectivity index (χ0) is 29.9. The van der Waals surface area contributed by atoms with Crippen molar-refractivity contribution in [3.05, 3.63) is 138 Å². The third-order valence-electron chi connectivity index (χ3n) is 8.34. The maximum atomic E-state index is 11.7. The van der Waals surface area contributed by atoms with Gasteiger partial charge in [0.15, 0.2) is 0 Å². The normalized spacial score (nSPS) is 13.4. The summed E-state index contributed by atoms with van der Waals surface area (Å²) in [5.41, 5.74) is 5.65. The third kappa shape index (κ3) is 5.85. The average molecular weight is 559 g/mol. The molecule has 42 heavy (non-hydrogen) atoms. The summed E-state index contributed by atoms with van der Waals surface area (Å²) in [4.78, 5) is 9.36. The van der Waals surface area contributed by atoms with Crippen LogP contribution in [0, 0.1) is 0 Å². The lowest BCUT2D eigenvalue weighted by Gasteiger charge is -2.34. The molecule has 5 heteroatoms. The lowest BCUT2D eigenvalue weighted by atomic mass is 9.74. The van der Waals surface area contributed by atoms with E-state index in [0.29, 0.717) is 16.9 Å². The molecule has 0 fully saturated rings. The smallest absolute Gasteiger partial charge is 0.119 e. The average Bonchev–Trinajstić information content (AvgIpc) is 3.04. The number of nitrogens with zero attached hydrogens (tertiary/aromatic N) is 2. The fourth-order valence-corrected chi connectivity index (χ4v) is 5.34. The van der Waals surface area contributed by atoms with Crippen LogP contribution in [0.5, 0.6) is 5.75 Å². The van der Waals surface area contributed by atoms with Gasteiger partial charge in [-0.05, 0) is 46.5 Å². The fraction of sp³-hybridized carbons (Fsp3) is 0.243. The molecule has 3 aromatic carbocycles. The van der Waals surface area contributed by atoms with Crippen molar-refractivity contribution in [1.82, 2.24) is 9.97 Å². The number of methoxy groups -OCH3 is 1. The Morgan fingerprint density at radius 1 is 0.571 bits per heavy atom. The van der Waals surface area contributed by atoms with Gasteiger partial charge in [-0.3, -0.25) is 9.97 Å². The summed E-state index contributed by atoms with van der Waals surface area (Å²) in [7, 11) is 1.59. The highest BCUT2D eigenvalue weighted by Crippen LogP contribution is 2.42. The van der Waals surface area contributed by atoms with Gasteiger partial charge in [0, 0.05) is 34.4 Å². The van der Waals surface area contributed by atoms with Gasteiger partial charge >= 0.3 is 0 Å². The molecule has 0 aliphatic heterocycles. The predicted molar refractivity (Wildman–Crippen MR) is 168 cm³/mol. The zero-order valence-corrected chi connectivity index (χ0v) is 24.8. The van der Waals surface area contributed by atoms with Crippen molar-refractivity contribution in [2.45, 2.75) is 50.7 Å². The number of hydrogen-bond acceptors (Lipinski definition) is 5. The molecule has 5 aromatic rings. The second-order valence-corrected chi connectivity index (χ2v) is 11.9. The van der Waals surface area contributed by atoms with E-state index in [0.717, 1.165) is 33.6 Å². The molecule has 214 valence electrons. The number of pyridine rings is 2. The Bertz CT molecular complexity index is 1500. The SMILES string of the molecule is COc1cc(C(O)C(C)(C)c2ccc(-c3ccccc3)nc2)cc(C(O)C(C)(C)c2ccc(-c3ccccc3)nc2)c1. The number of aliphatic hydroxyl groups excluding tert-OH is 2. The van der Waals surface area contributed by atoms with Gasteiger partial charge in [-0.15, -0.1) is 0 Å². The summed E-state index contributed by atoms with van der Waals surface area (Å²) in [6.45, 7) is 7.99. The Morgan fingerprint density at radius 3 is 1.31 bits per heavy atom. The maximum absolute atomic E-state index is 11.7. The van der Waals surface area contributed by atoms with Gasteiger partial charge in [0.2, 0.25) is 0 Å². The van der Waals surface area contributed by atoms with E-state index in [-0.39, 0.29) is 0 Å². The van der Waals surface area contributed by atoms with E-state index in [4.69, 9.17) is 4.74 Å². The number of ether oxygens (including phenoxy) is 1. The van der Waals surface area contributed by atoms with Gasteiger partial charge in [0.1, 0.15) is 5.75 Å². The molecule has 2 atom stereocenters. The molecule has 0 saturated carbocycles. The molecule has 0 spiro atoms. The highest BCUT2D eigenvalue weighted by Gasteiger charge is 2.35. The fourth-order valence-electron chi connectivity index (χ4n) is 5.34. The second kappa shape index (κ2) is 11.9. The second-order valence-electron chi connectivity index (χ2n) is 11.9. The molecule has 0 amide bonds. The van der Waals surface area contributed by atoms with E-state index < -0.39 is 23.0 Å². The Labute approximate surface area is 248 Å². The first-order valence-electron chi connectivity index (χ1n) is 14.2. The van der Waals surface area contributed by atoms with E-state index in [1.807, 2.05) is 143 Å². The molecule has 5 rings (SSSR count). The monoisotopic (exact) mass is 558 g/mol. The molecular weight excluding hydrogens is 520 g/mol.